The molecular formula is C22H28N6S. The van der Waals surface area contributed by atoms with Gasteiger partial charge < -0.3 is 16.0 Å². The van der Waals surface area contributed by atoms with E-state index in [2.05, 4.69) is 47.1 Å². The highest BCUT2D eigenvalue weighted by Gasteiger charge is 2.23. The molecule has 0 spiro atoms. The summed E-state index contributed by atoms with van der Waals surface area (Å²) in [6.07, 6.45) is 9.78. The normalized spacial score (nSPS) is 16.1. The van der Waals surface area contributed by atoms with Crippen LogP contribution in [0.3, 0.4) is 0 Å². The van der Waals surface area contributed by atoms with Crippen LogP contribution in [0, 0.1) is 0 Å². The molecule has 3 aromatic rings. The summed E-state index contributed by atoms with van der Waals surface area (Å²) in [5, 5.41) is 4.78. The Labute approximate surface area is 176 Å². The fourth-order valence-electron chi connectivity index (χ4n) is 3.75. The first-order valence-electron chi connectivity index (χ1n) is 10.0. The summed E-state index contributed by atoms with van der Waals surface area (Å²) < 4.78 is 0. The third kappa shape index (κ3) is 4.41. The van der Waals surface area contributed by atoms with E-state index >= 15 is 0 Å². The number of hydrogen-bond acceptors (Lipinski definition) is 7. The van der Waals surface area contributed by atoms with E-state index in [9.17, 15) is 0 Å². The van der Waals surface area contributed by atoms with Gasteiger partial charge in [-0.05, 0) is 70.6 Å². The fourth-order valence-corrected chi connectivity index (χ4v) is 4.82. The van der Waals surface area contributed by atoms with Gasteiger partial charge in [0, 0.05) is 36.3 Å². The van der Waals surface area contributed by atoms with Gasteiger partial charge in [0.25, 0.3) is 0 Å². The Morgan fingerprint density at radius 3 is 2.59 bits per heavy atom. The number of hydrogen-bond donors (Lipinski definition) is 2. The van der Waals surface area contributed by atoms with Crippen LogP contribution in [0.25, 0.3) is 10.4 Å². The van der Waals surface area contributed by atoms with Crippen molar-refractivity contribution in [2.75, 3.05) is 31.2 Å². The molecule has 152 valence electrons. The summed E-state index contributed by atoms with van der Waals surface area (Å²) in [5.74, 6) is 1.06. The number of nitrogen functional groups attached to an aromatic ring is 1. The second-order valence-corrected chi connectivity index (χ2v) is 9.35. The molecule has 1 saturated heterocycles. The van der Waals surface area contributed by atoms with Crippen molar-refractivity contribution in [3.05, 3.63) is 53.6 Å². The van der Waals surface area contributed by atoms with Gasteiger partial charge in [0.2, 0.25) is 0 Å². The summed E-state index contributed by atoms with van der Waals surface area (Å²) in [4.78, 5) is 16.8. The van der Waals surface area contributed by atoms with Crippen molar-refractivity contribution in [1.82, 2.24) is 19.9 Å². The van der Waals surface area contributed by atoms with Crippen molar-refractivity contribution < 1.29 is 0 Å². The Hall–Kier alpha value is -2.51. The van der Waals surface area contributed by atoms with Crippen LogP contribution in [-0.2, 0) is 5.54 Å². The van der Waals surface area contributed by atoms with E-state index in [-0.39, 0.29) is 5.54 Å². The molecule has 0 radical (unpaired) electrons. The Kier molecular flexibility index (Phi) is 5.52. The largest absolute Gasteiger partial charge is 0.382 e. The van der Waals surface area contributed by atoms with Gasteiger partial charge in [-0.15, -0.1) is 11.3 Å². The van der Waals surface area contributed by atoms with E-state index in [4.69, 9.17) is 10.7 Å². The van der Waals surface area contributed by atoms with Gasteiger partial charge in [-0.2, -0.15) is 0 Å². The summed E-state index contributed by atoms with van der Waals surface area (Å²) >= 11 is 1.78. The molecule has 4 heterocycles. The molecule has 0 atom stereocenters. The molecule has 7 heteroatoms. The van der Waals surface area contributed by atoms with Crippen molar-refractivity contribution in [2.24, 2.45) is 0 Å². The van der Waals surface area contributed by atoms with Crippen molar-refractivity contribution in [2.45, 2.75) is 38.1 Å². The van der Waals surface area contributed by atoms with Crippen LogP contribution < -0.4 is 11.1 Å². The lowest BCUT2D eigenvalue weighted by atomic mass is 9.95. The molecule has 0 unspecified atom stereocenters. The monoisotopic (exact) mass is 408 g/mol. The van der Waals surface area contributed by atoms with Crippen LogP contribution >= 0.6 is 11.3 Å². The van der Waals surface area contributed by atoms with Gasteiger partial charge in [-0.1, -0.05) is 0 Å². The van der Waals surface area contributed by atoms with E-state index in [0.29, 0.717) is 11.7 Å². The number of aromatic nitrogens is 3. The lowest BCUT2D eigenvalue weighted by molar-refractivity contribution is 0.255. The van der Waals surface area contributed by atoms with Crippen LogP contribution in [-0.4, -0.2) is 40.0 Å². The SMILES string of the molecule is CN1CCC(c2ncc(-c3cnc(N)c(NC(C)(C)c4ccncc4)c3)s2)CC1. The van der Waals surface area contributed by atoms with Crippen molar-refractivity contribution in [3.8, 4) is 10.4 Å². The molecule has 0 amide bonds. The zero-order valence-corrected chi connectivity index (χ0v) is 18.0. The van der Waals surface area contributed by atoms with Crippen LogP contribution in [0.2, 0.25) is 0 Å². The topological polar surface area (TPSA) is 80.0 Å². The Balaban J connectivity index is 1.56. The molecule has 4 rings (SSSR count). The number of likely N-dealkylation sites (tertiary alicyclic amines) is 1. The zero-order chi connectivity index (χ0) is 20.4. The minimum absolute atomic E-state index is 0.301. The standard InChI is InChI=1S/C22H28N6S/c1-22(2,17-4-8-24-9-5-17)27-18-12-16(13-25-20(18)23)19-14-26-21(29-19)15-6-10-28(3)11-7-15/h4-5,8-9,12-15,27H,6-7,10-11H2,1-3H3,(H2,23,25). The second-order valence-electron chi connectivity index (χ2n) is 8.28. The molecular weight excluding hydrogens is 380 g/mol. The highest BCUT2D eigenvalue weighted by Crippen LogP contribution is 2.36. The quantitative estimate of drug-likeness (QED) is 0.654. The molecule has 1 aliphatic heterocycles. The van der Waals surface area contributed by atoms with Gasteiger partial charge in [-0.3, -0.25) is 4.98 Å². The first-order chi connectivity index (χ1) is 13.9. The molecule has 0 aromatic carbocycles. The molecule has 0 saturated carbocycles. The predicted octanol–water partition coefficient (Wildman–Crippen LogP) is 4.34. The van der Waals surface area contributed by atoms with E-state index in [1.807, 2.05) is 24.5 Å². The molecule has 0 aliphatic carbocycles. The van der Waals surface area contributed by atoms with E-state index in [1.165, 1.54) is 17.8 Å². The number of nitrogens with one attached hydrogen (secondary N) is 1. The molecule has 3 N–H and O–H groups in total. The first kappa shape index (κ1) is 19.8. The van der Waals surface area contributed by atoms with Gasteiger partial charge >= 0.3 is 0 Å². The lowest BCUT2D eigenvalue weighted by Crippen LogP contribution is -2.29. The molecule has 0 bridgehead atoms. The van der Waals surface area contributed by atoms with Crippen molar-refractivity contribution in [3.63, 3.8) is 0 Å². The van der Waals surface area contributed by atoms with Crippen LogP contribution in [0.15, 0.2) is 43.0 Å². The fraction of sp³-hybridized carbons (Fsp3) is 0.409. The number of anilines is 2. The maximum absolute atomic E-state index is 6.19. The molecule has 6 nitrogen and oxygen atoms in total. The summed E-state index contributed by atoms with van der Waals surface area (Å²) in [6.45, 7) is 6.53. The second kappa shape index (κ2) is 8.08. The van der Waals surface area contributed by atoms with Crippen LogP contribution in [0.5, 0.6) is 0 Å². The van der Waals surface area contributed by atoms with Crippen LogP contribution in [0.4, 0.5) is 11.5 Å². The summed E-state index contributed by atoms with van der Waals surface area (Å²) in [7, 11) is 2.19. The Morgan fingerprint density at radius 1 is 1.14 bits per heavy atom. The van der Waals surface area contributed by atoms with E-state index in [0.717, 1.165) is 34.8 Å². The van der Waals surface area contributed by atoms with Gasteiger partial charge in [0.05, 0.1) is 21.1 Å². The molecule has 1 aliphatic rings. The van der Waals surface area contributed by atoms with Crippen molar-refractivity contribution in [1.29, 1.82) is 0 Å². The first-order valence-corrected chi connectivity index (χ1v) is 10.8. The Bertz CT molecular complexity index is 960. The summed E-state index contributed by atoms with van der Waals surface area (Å²) in [5.41, 5.74) is 8.90. The number of piperidine rings is 1. The number of rotatable bonds is 5. The van der Waals surface area contributed by atoms with Gasteiger partial charge in [0.1, 0.15) is 5.82 Å². The minimum atomic E-state index is -0.301. The number of nitrogens with zero attached hydrogens (tertiary/aromatic N) is 4. The average molecular weight is 409 g/mol. The third-order valence-corrected chi connectivity index (χ3v) is 6.85. The summed E-state index contributed by atoms with van der Waals surface area (Å²) in [6, 6.07) is 6.10. The maximum atomic E-state index is 6.19. The number of thiazole rings is 1. The molecule has 29 heavy (non-hydrogen) atoms. The number of pyridine rings is 2. The third-order valence-electron chi connectivity index (χ3n) is 5.64. The van der Waals surface area contributed by atoms with Gasteiger partial charge in [-0.25, -0.2) is 9.97 Å². The van der Waals surface area contributed by atoms with Gasteiger partial charge in [0.15, 0.2) is 0 Å². The maximum Gasteiger partial charge on any atom is 0.146 e. The van der Waals surface area contributed by atoms with Crippen molar-refractivity contribution >= 4 is 22.8 Å². The Morgan fingerprint density at radius 2 is 1.86 bits per heavy atom. The minimum Gasteiger partial charge on any atom is -0.382 e. The number of nitrogens with two attached hydrogens (primary N) is 1. The predicted molar refractivity (Wildman–Crippen MR) is 120 cm³/mol. The highest BCUT2D eigenvalue weighted by atomic mass is 32.1. The zero-order valence-electron chi connectivity index (χ0n) is 17.2. The van der Waals surface area contributed by atoms with E-state index in [1.54, 1.807) is 23.7 Å². The lowest BCUT2D eigenvalue weighted by Gasteiger charge is -2.28. The average Bonchev–Trinajstić information content (AvgIpc) is 3.21. The van der Waals surface area contributed by atoms with Crippen LogP contribution in [0.1, 0.15) is 43.2 Å². The molecule has 1 fully saturated rings. The molecule has 3 aromatic heterocycles. The smallest absolute Gasteiger partial charge is 0.146 e. The van der Waals surface area contributed by atoms with E-state index < -0.39 is 0 Å². The highest BCUT2D eigenvalue weighted by molar-refractivity contribution is 7.15.